The molecule has 154 valence electrons. The van der Waals surface area contributed by atoms with Gasteiger partial charge in [-0.3, -0.25) is 9.78 Å². The molecule has 1 fully saturated rings. The number of rotatable bonds is 6. The summed E-state index contributed by atoms with van der Waals surface area (Å²) in [5.74, 6) is 0.818. The molecule has 5 rings (SSSR count). The van der Waals surface area contributed by atoms with Crippen LogP contribution in [0.4, 0.5) is 0 Å². The first-order chi connectivity index (χ1) is 14.7. The van der Waals surface area contributed by atoms with Gasteiger partial charge in [0.25, 0.3) is 0 Å². The second-order valence-corrected chi connectivity index (χ2v) is 8.30. The molecule has 1 saturated heterocycles. The average molecular weight is 402 g/mol. The molecule has 0 N–H and O–H groups in total. The van der Waals surface area contributed by atoms with Gasteiger partial charge < -0.3 is 14.5 Å². The van der Waals surface area contributed by atoms with Crippen molar-refractivity contribution in [2.45, 2.75) is 12.8 Å². The number of pyridine rings is 1. The van der Waals surface area contributed by atoms with Gasteiger partial charge in [0.2, 0.25) is 0 Å². The fourth-order valence-corrected chi connectivity index (χ4v) is 4.49. The fourth-order valence-electron chi connectivity index (χ4n) is 4.49. The zero-order valence-corrected chi connectivity index (χ0v) is 17.4. The molecule has 2 heterocycles. The third-order valence-corrected chi connectivity index (χ3v) is 6.24. The molecule has 1 aliphatic carbocycles. The summed E-state index contributed by atoms with van der Waals surface area (Å²) in [6, 6.07) is 13.6. The van der Waals surface area contributed by atoms with Crippen LogP contribution < -0.4 is 4.74 Å². The second-order valence-electron chi connectivity index (χ2n) is 8.30. The van der Waals surface area contributed by atoms with E-state index in [0.717, 1.165) is 73.3 Å². The zero-order valence-electron chi connectivity index (χ0n) is 17.4. The number of hydrogen-bond acceptors (Lipinski definition) is 5. The van der Waals surface area contributed by atoms with Crippen LogP contribution in [-0.4, -0.2) is 66.9 Å². The first-order valence-electron chi connectivity index (χ1n) is 10.8. The lowest BCUT2D eigenvalue weighted by molar-refractivity contribution is 0.103. The number of aromatic nitrogens is 1. The number of benzene rings is 2. The number of unbranched alkanes of at least 4 members (excludes halogenated alkanes) is 1. The van der Waals surface area contributed by atoms with E-state index in [0.29, 0.717) is 17.7 Å². The van der Waals surface area contributed by atoms with Crippen molar-refractivity contribution in [3.05, 3.63) is 59.8 Å². The molecule has 2 aromatic carbocycles. The maximum absolute atomic E-state index is 13.1. The van der Waals surface area contributed by atoms with E-state index in [-0.39, 0.29) is 5.78 Å². The molecule has 0 saturated carbocycles. The molecule has 0 unspecified atom stereocenters. The van der Waals surface area contributed by atoms with E-state index < -0.39 is 0 Å². The lowest BCUT2D eigenvalue weighted by Crippen LogP contribution is -2.44. The Bertz CT molecular complexity index is 1090. The Kier molecular flexibility index (Phi) is 5.23. The summed E-state index contributed by atoms with van der Waals surface area (Å²) in [6.07, 6.45) is 3.95. The molecule has 30 heavy (non-hydrogen) atoms. The van der Waals surface area contributed by atoms with Crippen molar-refractivity contribution in [3.8, 4) is 17.0 Å². The van der Waals surface area contributed by atoms with Gasteiger partial charge >= 0.3 is 0 Å². The van der Waals surface area contributed by atoms with Gasteiger partial charge in [-0.1, -0.05) is 24.3 Å². The van der Waals surface area contributed by atoms with E-state index in [9.17, 15) is 4.79 Å². The number of nitrogens with zero attached hydrogens (tertiary/aromatic N) is 3. The maximum atomic E-state index is 13.1. The minimum absolute atomic E-state index is 0.0524. The molecule has 0 bridgehead atoms. The zero-order chi connectivity index (χ0) is 20.5. The van der Waals surface area contributed by atoms with E-state index in [1.165, 1.54) is 0 Å². The van der Waals surface area contributed by atoms with Gasteiger partial charge in [0.05, 0.1) is 12.3 Å². The SMILES string of the molecule is CN1CCN(CCCCOc2cc3c4c(nccc4c2)-c2ccccc2C3=O)CC1. The van der Waals surface area contributed by atoms with Crippen molar-refractivity contribution in [1.82, 2.24) is 14.8 Å². The number of piperazine rings is 1. The Morgan fingerprint density at radius 3 is 2.60 bits per heavy atom. The second kappa shape index (κ2) is 8.17. The molecule has 0 atom stereocenters. The van der Waals surface area contributed by atoms with Crippen molar-refractivity contribution >= 4 is 16.6 Å². The molecule has 0 radical (unpaired) electrons. The maximum Gasteiger partial charge on any atom is 0.194 e. The summed E-state index contributed by atoms with van der Waals surface area (Å²) in [6.45, 7) is 6.43. The number of carbonyl (C=O) groups is 1. The first-order valence-corrected chi connectivity index (χ1v) is 10.8. The van der Waals surface area contributed by atoms with Crippen LogP contribution in [-0.2, 0) is 0 Å². The van der Waals surface area contributed by atoms with Gasteiger partial charge in [0.15, 0.2) is 5.78 Å². The predicted octanol–water partition coefficient (Wildman–Crippen LogP) is 3.85. The summed E-state index contributed by atoms with van der Waals surface area (Å²) < 4.78 is 6.06. The van der Waals surface area contributed by atoms with Gasteiger partial charge in [-0.25, -0.2) is 0 Å². The van der Waals surface area contributed by atoms with E-state index in [4.69, 9.17) is 4.74 Å². The van der Waals surface area contributed by atoms with Crippen molar-refractivity contribution < 1.29 is 9.53 Å². The number of fused-ring (bicyclic) bond motifs is 2. The number of hydrogen-bond donors (Lipinski definition) is 0. The summed E-state index contributed by atoms with van der Waals surface area (Å²) in [4.78, 5) is 22.6. The molecule has 5 nitrogen and oxygen atoms in total. The molecule has 0 amide bonds. The van der Waals surface area contributed by atoms with E-state index in [1.54, 1.807) is 0 Å². The molecule has 3 aromatic rings. The number of carbonyl (C=O) groups excluding carboxylic acids is 1. The van der Waals surface area contributed by atoms with E-state index >= 15 is 0 Å². The van der Waals surface area contributed by atoms with Gasteiger partial charge in [0.1, 0.15) is 5.75 Å². The summed E-state index contributed by atoms with van der Waals surface area (Å²) in [5.41, 5.74) is 3.21. The minimum atomic E-state index is 0.0524. The van der Waals surface area contributed by atoms with Gasteiger partial charge in [-0.2, -0.15) is 0 Å². The van der Waals surface area contributed by atoms with Crippen molar-refractivity contribution in [2.75, 3.05) is 46.4 Å². The molecule has 1 aromatic heterocycles. The fraction of sp³-hybridized carbons (Fsp3) is 0.360. The molecular weight excluding hydrogens is 374 g/mol. The van der Waals surface area contributed by atoms with Gasteiger partial charge in [-0.15, -0.1) is 0 Å². The Morgan fingerprint density at radius 2 is 1.77 bits per heavy atom. The first kappa shape index (κ1) is 19.2. The number of ketones is 1. The van der Waals surface area contributed by atoms with Crippen LogP contribution in [0.3, 0.4) is 0 Å². The van der Waals surface area contributed by atoms with E-state index in [1.807, 2.05) is 48.7 Å². The van der Waals surface area contributed by atoms with Crippen LogP contribution in [0.1, 0.15) is 28.8 Å². The van der Waals surface area contributed by atoms with Crippen molar-refractivity contribution in [2.24, 2.45) is 0 Å². The van der Waals surface area contributed by atoms with Gasteiger partial charge in [0, 0.05) is 54.5 Å². The standard InChI is InChI=1S/C25H27N3O2/c1-27-11-13-28(14-12-27)10-4-5-15-30-19-16-18-8-9-26-24-20-6-2-3-7-21(20)25(29)22(17-19)23(18)24/h2-3,6-9,16-17H,4-5,10-15H2,1H3. The highest BCUT2D eigenvalue weighted by atomic mass is 16.5. The molecular formula is C25H27N3O2. The Balaban J connectivity index is 1.28. The highest BCUT2D eigenvalue weighted by Crippen LogP contribution is 2.39. The molecule has 1 aliphatic heterocycles. The molecule has 5 heteroatoms. The quantitative estimate of drug-likeness (QED) is 0.459. The highest BCUT2D eigenvalue weighted by Gasteiger charge is 2.26. The monoisotopic (exact) mass is 401 g/mol. The third-order valence-electron chi connectivity index (χ3n) is 6.24. The van der Waals surface area contributed by atoms with Gasteiger partial charge in [-0.05, 0) is 50.0 Å². The normalized spacial score (nSPS) is 16.6. The smallest absolute Gasteiger partial charge is 0.194 e. The van der Waals surface area contributed by atoms with Crippen LogP contribution in [0.5, 0.6) is 5.75 Å². The third kappa shape index (κ3) is 3.59. The summed E-state index contributed by atoms with van der Waals surface area (Å²) >= 11 is 0. The topological polar surface area (TPSA) is 45.7 Å². The summed E-state index contributed by atoms with van der Waals surface area (Å²) in [5, 5.41) is 1.94. The average Bonchev–Trinajstić information content (AvgIpc) is 2.78. The molecule has 2 aliphatic rings. The lowest BCUT2D eigenvalue weighted by Gasteiger charge is -2.32. The van der Waals surface area contributed by atoms with Crippen LogP contribution in [0.25, 0.3) is 22.0 Å². The largest absolute Gasteiger partial charge is 0.494 e. The Labute approximate surface area is 177 Å². The Hall–Kier alpha value is -2.76. The van der Waals surface area contributed by atoms with Crippen LogP contribution in [0, 0.1) is 0 Å². The lowest BCUT2D eigenvalue weighted by atomic mass is 9.85. The Morgan fingerprint density at radius 1 is 0.967 bits per heavy atom. The predicted molar refractivity (Wildman–Crippen MR) is 119 cm³/mol. The van der Waals surface area contributed by atoms with Crippen molar-refractivity contribution in [1.29, 1.82) is 0 Å². The van der Waals surface area contributed by atoms with Crippen LogP contribution in [0.2, 0.25) is 0 Å². The van der Waals surface area contributed by atoms with Crippen LogP contribution >= 0.6 is 0 Å². The highest BCUT2D eigenvalue weighted by molar-refractivity contribution is 6.25. The molecule has 0 spiro atoms. The van der Waals surface area contributed by atoms with E-state index in [2.05, 4.69) is 21.8 Å². The summed E-state index contributed by atoms with van der Waals surface area (Å²) in [7, 11) is 2.18. The minimum Gasteiger partial charge on any atom is -0.494 e. The number of ether oxygens (including phenoxy) is 1. The van der Waals surface area contributed by atoms with Crippen molar-refractivity contribution in [3.63, 3.8) is 0 Å². The number of likely N-dealkylation sites (N-methyl/N-ethyl adjacent to an activating group) is 1. The van der Waals surface area contributed by atoms with Crippen LogP contribution in [0.15, 0.2) is 48.7 Å².